The second kappa shape index (κ2) is 8.84. The van der Waals surface area contributed by atoms with E-state index in [1.54, 1.807) is 0 Å². The molecule has 4 heteroatoms. The quantitative estimate of drug-likeness (QED) is 0.429. The Morgan fingerprint density at radius 3 is 2.48 bits per heavy atom. The Hall–Kier alpha value is -0.480. The molecule has 0 aromatic heterocycles. The number of hydrogen-bond acceptors (Lipinski definition) is 4. The van der Waals surface area contributed by atoms with E-state index in [0.717, 1.165) is 51.7 Å². The second-order valence-corrected chi connectivity index (χ2v) is 6.75. The van der Waals surface area contributed by atoms with Crippen LogP contribution in [0.3, 0.4) is 0 Å². The van der Waals surface area contributed by atoms with Gasteiger partial charge >= 0.3 is 0 Å². The van der Waals surface area contributed by atoms with Gasteiger partial charge in [-0.25, -0.2) is 0 Å². The zero-order chi connectivity index (χ0) is 15.0. The van der Waals surface area contributed by atoms with Crippen molar-refractivity contribution < 1.29 is 9.47 Å². The second-order valence-electron chi connectivity index (χ2n) is 6.75. The van der Waals surface area contributed by atoms with E-state index in [0.29, 0.717) is 5.92 Å². The lowest BCUT2D eigenvalue weighted by molar-refractivity contribution is -0.170. The van der Waals surface area contributed by atoms with Crippen LogP contribution in [0.2, 0.25) is 0 Å². The molecule has 2 rings (SSSR count). The van der Waals surface area contributed by atoms with Crippen LogP contribution in [0.15, 0.2) is 5.18 Å². The topological polar surface area (TPSA) is 47.9 Å². The lowest BCUT2D eigenvalue weighted by Gasteiger charge is -2.28. The van der Waals surface area contributed by atoms with Gasteiger partial charge in [0.25, 0.3) is 0 Å². The summed E-state index contributed by atoms with van der Waals surface area (Å²) in [5.74, 6) is 0.316. The molecule has 2 aliphatic rings. The molecule has 0 amide bonds. The Kier molecular flexibility index (Phi) is 7.11. The van der Waals surface area contributed by atoms with Gasteiger partial charge in [-0.1, -0.05) is 37.8 Å². The SMILES string of the molecule is CCCCCCCC1(CCC2CCC(N=O)C2)OCCO1. The molecule has 2 unspecified atom stereocenters. The molecule has 122 valence electrons. The molecule has 0 aromatic carbocycles. The predicted molar refractivity (Wildman–Crippen MR) is 84.2 cm³/mol. The minimum absolute atomic E-state index is 0.0606. The molecule has 2 fully saturated rings. The van der Waals surface area contributed by atoms with E-state index >= 15 is 0 Å². The maximum atomic E-state index is 10.6. The van der Waals surface area contributed by atoms with E-state index < -0.39 is 0 Å². The highest BCUT2D eigenvalue weighted by atomic mass is 16.7. The molecule has 4 nitrogen and oxygen atoms in total. The fraction of sp³-hybridized carbons (Fsp3) is 1.00. The fourth-order valence-electron chi connectivity index (χ4n) is 3.74. The molecular weight excluding hydrogens is 266 g/mol. The van der Waals surface area contributed by atoms with Crippen molar-refractivity contribution in [3.05, 3.63) is 4.91 Å². The third-order valence-electron chi connectivity index (χ3n) is 5.07. The van der Waals surface area contributed by atoms with Gasteiger partial charge in [0.1, 0.15) is 0 Å². The van der Waals surface area contributed by atoms with Crippen LogP contribution < -0.4 is 0 Å². The number of rotatable bonds is 10. The average Bonchev–Trinajstić information content (AvgIpc) is 3.15. The first-order chi connectivity index (χ1) is 10.3. The summed E-state index contributed by atoms with van der Waals surface area (Å²) in [6, 6.07) is 0.0606. The van der Waals surface area contributed by atoms with Gasteiger partial charge in [0.15, 0.2) is 5.79 Å². The smallest absolute Gasteiger partial charge is 0.168 e. The first-order valence-corrected chi connectivity index (χ1v) is 8.88. The lowest BCUT2D eigenvalue weighted by Crippen LogP contribution is -2.30. The van der Waals surface area contributed by atoms with Crippen LogP contribution >= 0.6 is 0 Å². The van der Waals surface area contributed by atoms with Crippen LogP contribution in [-0.4, -0.2) is 25.0 Å². The largest absolute Gasteiger partial charge is 0.348 e. The zero-order valence-electron chi connectivity index (χ0n) is 13.5. The van der Waals surface area contributed by atoms with Gasteiger partial charge in [0, 0.05) is 12.8 Å². The minimum Gasteiger partial charge on any atom is -0.348 e. The highest BCUT2D eigenvalue weighted by molar-refractivity contribution is 4.83. The fourth-order valence-corrected chi connectivity index (χ4v) is 3.74. The molecule has 1 aliphatic heterocycles. The lowest BCUT2D eigenvalue weighted by atomic mass is 9.94. The van der Waals surface area contributed by atoms with Crippen molar-refractivity contribution in [2.45, 2.75) is 89.4 Å². The first kappa shape index (κ1) is 16.9. The molecule has 1 saturated carbocycles. The minimum atomic E-state index is -0.321. The van der Waals surface area contributed by atoms with E-state index in [2.05, 4.69) is 12.1 Å². The van der Waals surface area contributed by atoms with Crippen LogP contribution in [0.25, 0.3) is 0 Å². The Bertz CT molecular complexity index is 302. The molecular formula is C17H31NO3. The van der Waals surface area contributed by atoms with Crippen LogP contribution in [0.5, 0.6) is 0 Å². The summed E-state index contributed by atoms with van der Waals surface area (Å²) >= 11 is 0. The third kappa shape index (κ3) is 5.33. The molecule has 1 saturated heterocycles. The highest BCUT2D eigenvalue weighted by Gasteiger charge is 2.37. The maximum absolute atomic E-state index is 10.6. The monoisotopic (exact) mass is 297 g/mol. The van der Waals surface area contributed by atoms with E-state index in [4.69, 9.17) is 9.47 Å². The highest BCUT2D eigenvalue weighted by Crippen LogP contribution is 2.37. The molecule has 2 atom stereocenters. The molecule has 0 spiro atoms. The summed E-state index contributed by atoms with van der Waals surface area (Å²) in [6.45, 7) is 3.71. The molecule has 1 aliphatic carbocycles. The van der Waals surface area contributed by atoms with Crippen LogP contribution in [-0.2, 0) is 9.47 Å². The van der Waals surface area contributed by atoms with Crippen molar-refractivity contribution in [1.29, 1.82) is 0 Å². The van der Waals surface area contributed by atoms with Crippen molar-refractivity contribution in [3.63, 3.8) is 0 Å². The van der Waals surface area contributed by atoms with Crippen LogP contribution in [0, 0.1) is 10.8 Å². The number of ether oxygens (including phenoxy) is 2. The van der Waals surface area contributed by atoms with Gasteiger partial charge in [-0.3, -0.25) is 0 Å². The van der Waals surface area contributed by atoms with Crippen molar-refractivity contribution >= 4 is 0 Å². The summed E-state index contributed by atoms with van der Waals surface area (Å²) in [5, 5.41) is 3.20. The molecule has 21 heavy (non-hydrogen) atoms. The van der Waals surface area contributed by atoms with Crippen molar-refractivity contribution in [2.24, 2.45) is 11.1 Å². The van der Waals surface area contributed by atoms with Gasteiger partial charge in [0.2, 0.25) is 0 Å². The number of nitroso groups, excluding NO2 is 1. The first-order valence-electron chi connectivity index (χ1n) is 8.88. The van der Waals surface area contributed by atoms with Gasteiger partial charge < -0.3 is 9.47 Å². The van der Waals surface area contributed by atoms with Crippen molar-refractivity contribution in [2.75, 3.05) is 13.2 Å². The molecule has 0 aromatic rings. The summed E-state index contributed by atoms with van der Waals surface area (Å²) in [6.07, 6.45) is 12.6. The Morgan fingerprint density at radius 1 is 1.05 bits per heavy atom. The zero-order valence-corrected chi connectivity index (χ0v) is 13.5. The summed E-state index contributed by atoms with van der Waals surface area (Å²) in [4.78, 5) is 10.6. The molecule has 1 heterocycles. The van der Waals surface area contributed by atoms with Crippen LogP contribution in [0.4, 0.5) is 0 Å². The van der Waals surface area contributed by atoms with Gasteiger partial charge in [-0.2, -0.15) is 4.91 Å². The normalized spacial score (nSPS) is 28.0. The number of hydrogen-bond donors (Lipinski definition) is 0. The Balaban J connectivity index is 1.69. The predicted octanol–water partition coefficient (Wildman–Crippen LogP) is 4.81. The van der Waals surface area contributed by atoms with E-state index in [1.165, 1.54) is 32.1 Å². The standard InChI is InChI=1S/C17H31NO3/c1-2-3-4-5-6-10-17(20-12-13-21-17)11-9-15-7-8-16(14-15)18-19/h15-16H,2-14H2,1H3. The van der Waals surface area contributed by atoms with E-state index in [-0.39, 0.29) is 11.8 Å². The van der Waals surface area contributed by atoms with Gasteiger partial charge in [-0.15, -0.1) is 0 Å². The third-order valence-corrected chi connectivity index (χ3v) is 5.07. The number of nitrogens with zero attached hydrogens (tertiary/aromatic N) is 1. The van der Waals surface area contributed by atoms with Crippen molar-refractivity contribution in [1.82, 2.24) is 0 Å². The summed E-state index contributed by atoms with van der Waals surface area (Å²) in [7, 11) is 0. The van der Waals surface area contributed by atoms with E-state index in [9.17, 15) is 4.91 Å². The van der Waals surface area contributed by atoms with Gasteiger partial charge in [-0.05, 0) is 38.0 Å². The van der Waals surface area contributed by atoms with Crippen molar-refractivity contribution in [3.8, 4) is 0 Å². The Labute approximate surface area is 128 Å². The van der Waals surface area contributed by atoms with E-state index in [1.807, 2.05) is 0 Å². The maximum Gasteiger partial charge on any atom is 0.168 e. The van der Waals surface area contributed by atoms with Crippen LogP contribution in [0.1, 0.15) is 77.6 Å². The summed E-state index contributed by atoms with van der Waals surface area (Å²) < 4.78 is 11.9. The summed E-state index contributed by atoms with van der Waals surface area (Å²) in [5.41, 5.74) is 0. The number of unbranched alkanes of at least 4 members (excludes halogenated alkanes) is 4. The molecule has 0 N–H and O–H groups in total. The average molecular weight is 297 g/mol. The Morgan fingerprint density at radius 2 is 1.81 bits per heavy atom. The molecule has 0 bridgehead atoms. The molecule has 0 radical (unpaired) electrons. The van der Waals surface area contributed by atoms with Gasteiger partial charge in [0.05, 0.1) is 19.3 Å².